The Hall–Kier alpha value is -1.60. The van der Waals surface area contributed by atoms with Gasteiger partial charge in [0.25, 0.3) is 11.8 Å². The van der Waals surface area contributed by atoms with Gasteiger partial charge in [-0.3, -0.25) is 14.7 Å². The van der Waals surface area contributed by atoms with Crippen molar-refractivity contribution < 1.29 is 18.3 Å². The van der Waals surface area contributed by atoms with Crippen molar-refractivity contribution >= 4 is 5.91 Å². The molecule has 3 heterocycles. The Morgan fingerprint density at radius 1 is 1.48 bits per heavy atom. The smallest absolute Gasteiger partial charge is 0.262 e. The molecule has 3 rings (SSSR count). The molecule has 1 aromatic heterocycles. The fourth-order valence-electron chi connectivity index (χ4n) is 3.39. The summed E-state index contributed by atoms with van der Waals surface area (Å²) in [6, 6.07) is 3.13. The van der Waals surface area contributed by atoms with Crippen LogP contribution in [-0.2, 0) is 4.74 Å². The number of nitrogens with zero attached hydrogens (tertiary/aromatic N) is 3. The van der Waals surface area contributed by atoms with Crippen LogP contribution in [0.5, 0.6) is 0 Å². The van der Waals surface area contributed by atoms with E-state index in [0.29, 0.717) is 25.3 Å². The first kappa shape index (κ1) is 16.3. The van der Waals surface area contributed by atoms with E-state index in [0.717, 1.165) is 5.69 Å². The highest BCUT2D eigenvalue weighted by molar-refractivity contribution is 5.94. The van der Waals surface area contributed by atoms with Crippen LogP contribution in [0.3, 0.4) is 0 Å². The molecule has 2 aliphatic heterocycles. The molecule has 1 aromatic rings. The summed E-state index contributed by atoms with van der Waals surface area (Å²) in [5, 5.41) is 0. The molecule has 0 bridgehead atoms. The number of likely N-dealkylation sites (tertiary alicyclic amines) is 2. The van der Waals surface area contributed by atoms with Gasteiger partial charge in [-0.1, -0.05) is 0 Å². The zero-order chi connectivity index (χ0) is 16.6. The lowest BCUT2D eigenvalue weighted by Gasteiger charge is -2.45. The summed E-state index contributed by atoms with van der Waals surface area (Å²) in [7, 11) is 1.52. The molecule has 0 aliphatic carbocycles. The highest BCUT2D eigenvalue weighted by Crippen LogP contribution is 2.35. The minimum atomic E-state index is -2.67. The third-order valence-electron chi connectivity index (χ3n) is 4.54. The van der Waals surface area contributed by atoms with E-state index in [1.54, 1.807) is 28.1 Å². The third-order valence-corrected chi connectivity index (χ3v) is 4.54. The second kappa shape index (κ2) is 6.13. The predicted octanol–water partition coefficient (Wildman–Crippen LogP) is 1.57. The number of aromatic nitrogens is 1. The highest BCUT2D eigenvalue weighted by atomic mass is 19.3. The average Bonchev–Trinajstić information content (AvgIpc) is 2.72. The third kappa shape index (κ3) is 3.35. The number of ether oxygens (including phenoxy) is 1. The maximum absolute atomic E-state index is 13.7. The van der Waals surface area contributed by atoms with Crippen molar-refractivity contribution in [1.82, 2.24) is 14.8 Å². The summed E-state index contributed by atoms with van der Waals surface area (Å²) in [6.45, 7) is 2.84. The van der Waals surface area contributed by atoms with E-state index in [1.807, 2.05) is 6.92 Å². The van der Waals surface area contributed by atoms with Crippen LogP contribution < -0.4 is 0 Å². The summed E-state index contributed by atoms with van der Waals surface area (Å²) in [5.74, 6) is -2.74. The molecular formula is C16H21F2N3O2. The van der Waals surface area contributed by atoms with Gasteiger partial charge < -0.3 is 9.64 Å². The average molecular weight is 325 g/mol. The van der Waals surface area contributed by atoms with Gasteiger partial charge in [0.15, 0.2) is 0 Å². The maximum Gasteiger partial charge on any atom is 0.262 e. The first-order valence-electron chi connectivity index (χ1n) is 7.74. The number of methoxy groups -OCH3 is 1. The predicted molar refractivity (Wildman–Crippen MR) is 80.6 cm³/mol. The molecule has 7 heteroatoms. The van der Waals surface area contributed by atoms with Crippen molar-refractivity contribution in [3.8, 4) is 0 Å². The monoisotopic (exact) mass is 325 g/mol. The number of amides is 1. The summed E-state index contributed by atoms with van der Waals surface area (Å²) < 4.78 is 32.4. The Kier molecular flexibility index (Phi) is 4.33. The van der Waals surface area contributed by atoms with Gasteiger partial charge in [-0.25, -0.2) is 8.78 Å². The quantitative estimate of drug-likeness (QED) is 0.843. The molecule has 5 nitrogen and oxygen atoms in total. The molecule has 23 heavy (non-hydrogen) atoms. The lowest BCUT2D eigenvalue weighted by Crippen LogP contribution is -2.62. The van der Waals surface area contributed by atoms with Crippen LogP contribution in [-0.4, -0.2) is 72.0 Å². The van der Waals surface area contributed by atoms with Crippen LogP contribution in [0.4, 0.5) is 8.78 Å². The lowest BCUT2D eigenvalue weighted by atomic mass is 10.0. The van der Waals surface area contributed by atoms with E-state index < -0.39 is 5.92 Å². The van der Waals surface area contributed by atoms with Gasteiger partial charge in [0.05, 0.1) is 13.2 Å². The molecule has 0 unspecified atom stereocenters. The topological polar surface area (TPSA) is 45.7 Å². The number of carbonyl (C=O) groups excluding carboxylic acids is 1. The van der Waals surface area contributed by atoms with Gasteiger partial charge in [-0.15, -0.1) is 0 Å². The Morgan fingerprint density at radius 3 is 2.87 bits per heavy atom. The van der Waals surface area contributed by atoms with E-state index in [2.05, 4.69) is 4.98 Å². The van der Waals surface area contributed by atoms with Crippen molar-refractivity contribution in [2.75, 3.05) is 33.4 Å². The van der Waals surface area contributed by atoms with E-state index >= 15 is 0 Å². The highest BCUT2D eigenvalue weighted by Gasteiger charge is 2.50. The van der Waals surface area contributed by atoms with Crippen molar-refractivity contribution in [1.29, 1.82) is 0 Å². The largest absolute Gasteiger partial charge is 0.383 e. The zero-order valence-electron chi connectivity index (χ0n) is 13.3. The standard InChI is InChI=1S/C16H21F2N3O2/c1-11-5-12(3-4-19-11)15(22)20-7-14(8-20)21-10-16(17,18)6-13(21)9-23-2/h3-5,13-14H,6-10H2,1-2H3/t13-/m0/s1. The lowest BCUT2D eigenvalue weighted by molar-refractivity contribution is -0.0136. The van der Waals surface area contributed by atoms with Crippen LogP contribution in [0.15, 0.2) is 18.3 Å². The number of hydrogen-bond donors (Lipinski definition) is 0. The van der Waals surface area contributed by atoms with Crippen molar-refractivity contribution in [2.45, 2.75) is 31.4 Å². The number of halogens is 2. The van der Waals surface area contributed by atoms with Gasteiger partial charge in [-0.2, -0.15) is 0 Å². The molecule has 0 radical (unpaired) electrons. The molecular weight excluding hydrogens is 304 g/mol. The number of aryl methyl sites for hydroxylation is 1. The molecule has 2 saturated heterocycles. The number of pyridine rings is 1. The van der Waals surface area contributed by atoms with Gasteiger partial charge >= 0.3 is 0 Å². The van der Waals surface area contributed by atoms with Gasteiger partial charge in [0.2, 0.25) is 0 Å². The number of alkyl halides is 2. The molecule has 2 aliphatic rings. The minimum Gasteiger partial charge on any atom is -0.383 e. The van der Waals surface area contributed by atoms with E-state index in [4.69, 9.17) is 4.74 Å². The summed E-state index contributed by atoms with van der Waals surface area (Å²) in [6.07, 6.45) is 1.43. The van der Waals surface area contributed by atoms with Gasteiger partial charge in [-0.05, 0) is 19.1 Å². The summed E-state index contributed by atoms with van der Waals surface area (Å²) >= 11 is 0. The first-order chi connectivity index (χ1) is 10.9. The van der Waals surface area contributed by atoms with E-state index in [1.165, 1.54) is 7.11 Å². The zero-order valence-corrected chi connectivity index (χ0v) is 13.3. The minimum absolute atomic E-state index is 0.0181. The molecule has 1 amide bonds. The van der Waals surface area contributed by atoms with Gasteiger partial charge in [0, 0.05) is 56.2 Å². The molecule has 0 N–H and O–H groups in total. The SMILES string of the molecule is COC[C@@H]1CC(F)(F)CN1C1CN(C(=O)c2ccnc(C)c2)C1. The summed E-state index contributed by atoms with van der Waals surface area (Å²) in [4.78, 5) is 19.9. The summed E-state index contributed by atoms with van der Waals surface area (Å²) in [5.41, 5.74) is 1.38. The van der Waals surface area contributed by atoms with E-state index in [9.17, 15) is 13.6 Å². The normalized spacial score (nSPS) is 24.7. The second-order valence-electron chi connectivity index (χ2n) is 6.39. The molecule has 0 aromatic carbocycles. The Bertz CT molecular complexity index is 590. The Balaban J connectivity index is 1.61. The van der Waals surface area contributed by atoms with Crippen molar-refractivity contribution in [3.63, 3.8) is 0 Å². The van der Waals surface area contributed by atoms with Crippen LogP contribution >= 0.6 is 0 Å². The number of carbonyl (C=O) groups is 1. The van der Waals surface area contributed by atoms with Crippen molar-refractivity contribution in [3.05, 3.63) is 29.6 Å². The molecule has 126 valence electrons. The number of hydrogen-bond acceptors (Lipinski definition) is 4. The van der Waals surface area contributed by atoms with Crippen LogP contribution in [0.1, 0.15) is 22.5 Å². The second-order valence-corrected chi connectivity index (χ2v) is 6.39. The molecule has 1 atom stereocenters. The molecule has 2 fully saturated rings. The first-order valence-corrected chi connectivity index (χ1v) is 7.74. The van der Waals surface area contributed by atoms with Crippen molar-refractivity contribution in [2.24, 2.45) is 0 Å². The fraction of sp³-hybridized carbons (Fsp3) is 0.625. The fourth-order valence-corrected chi connectivity index (χ4v) is 3.39. The molecule has 0 saturated carbocycles. The molecule has 0 spiro atoms. The van der Waals surface area contributed by atoms with Crippen LogP contribution in [0.2, 0.25) is 0 Å². The van der Waals surface area contributed by atoms with Crippen LogP contribution in [0.25, 0.3) is 0 Å². The Morgan fingerprint density at radius 2 is 2.22 bits per heavy atom. The Labute approximate surface area is 134 Å². The van der Waals surface area contributed by atoms with Crippen LogP contribution in [0, 0.1) is 6.92 Å². The van der Waals surface area contributed by atoms with E-state index in [-0.39, 0.29) is 31.0 Å². The van der Waals surface area contributed by atoms with Gasteiger partial charge in [0.1, 0.15) is 0 Å². The maximum atomic E-state index is 13.7. The number of rotatable bonds is 4.